The van der Waals surface area contributed by atoms with Gasteiger partial charge in [-0.15, -0.1) is 23.2 Å². The summed E-state index contributed by atoms with van der Waals surface area (Å²) in [6.45, 7) is 3.77. The van der Waals surface area contributed by atoms with Crippen LogP contribution in [0.4, 0.5) is 0 Å². The van der Waals surface area contributed by atoms with Gasteiger partial charge in [0.2, 0.25) is 0 Å². The number of carbonyl (C=O) groups is 1. The number of carbonyl (C=O) groups excluding carboxylic acids is 1. The number of hydrogen-bond donors (Lipinski definition) is 0. The van der Waals surface area contributed by atoms with Crippen LogP contribution in [0.1, 0.15) is 26.7 Å². The Kier molecular flexibility index (Phi) is 1.96. The molecule has 2 rings (SSSR count). The Morgan fingerprint density at radius 1 is 1.23 bits per heavy atom. The molecule has 13 heavy (non-hydrogen) atoms. The molecular weight excluding hydrogens is 211 g/mol. The van der Waals surface area contributed by atoms with Crippen molar-refractivity contribution in [1.29, 1.82) is 0 Å². The molecule has 2 saturated heterocycles. The quantitative estimate of drug-likeness (QED) is 0.588. The van der Waals surface area contributed by atoms with Gasteiger partial charge in [-0.1, -0.05) is 0 Å². The van der Waals surface area contributed by atoms with E-state index in [1.165, 1.54) is 0 Å². The van der Waals surface area contributed by atoms with Crippen molar-refractivity contribution in [2.24, 2.45) is 0 Å². The van der Waals surface area contributed by atoms with Gasteiger partial charge in [-0.25, -0.2) is 0 Å². The first-order valence-corrected chi connectivity index (χ1v) is 5.28. The third kappa shape index (κ3) is 1.15. The van der Waals surface area contributed by atoms with Crippen molar-refractivity contribution in [1.82, 2.24) is 0 Å². The van der Waals surface area contributed by atoms with Gasteiger partial charge in [-0.2, -0.15) is 0 Å². The van der Waals surface area contributed by atoms with Crippen LogP contribution in [0, 0.1) is 0 Å². The van der Waals surface area contributed by atoms with E-state index in [1.54, 1.807) is 0 Å². The van der Waals surface area contributed by atoms with Gasteiger partial charge in [-0.3, -0.25) is 4.79 Å². The van der Waals surface area contributed by atoms with E-state index in [9.17, 15) is 4.79 Å². The zero-order valence-electron chi connectivity index (χ0n) is 7.64. The maximum atomic E-state index is 11.7. The Morgan fingerprint density at radius 2 is 1.62 bits per heavy atom. The lowest BCUT2D eigenvalue weighted by Gasteiger charge is -2.41. The molecule has 4 heteroatoms. The Labute approximate surface area is 87.5 Å². The number of fused-ring (bicyclic) bond motifs is 2. The number of Topliss-reactive ketones (excluding diaryl/α,β-unsaturated/α-hetero) is 1. The van der Waals surface area contributed by atoms with E-state index >= 15 is 0 Å². The molecule has 2 bridgehead atoms. The minimum absolute atomic E-state index is 0.0860. The van der Waals surface area contributed by atoms with Crippen LogP contribution >= 0.6 is 23.2 Å². The summed E-state index contributed by atoms with van der Waals surface area (Å²) < 4.78 is 5.78. The van der Waals surface area contributed by atoms with Crippen LogP contribution in [-0.4, -0.2) is 27.7 Å². The average Bonchev–Trinajstić information content (AvgIpc) is 2.38. The third-order valence-electron chi connectivity index (χ3n) is 3.16. The van der Waals surface area contributed by atoms with E-state index in [0.717, 1.165) is 12.8 Å². The maximum Gasteiger partial charge on any atom is 0.174 e. The second kappa shape index (κ2) is 2.62. The Hall–Kier alpha value is 0.210. The third-order valence-corrected chi connectivity index (χ3v) is 4.51. The molecule has 0 N–H and O–H groups in total. The number of rotatable bonds is 0. The number of hydrogen-bond acceptors (Lipinski definition) is 2. The number of ketones is 1. The first-order chi connectivity index (χ1) is 5.89. The van der Waals surface area contributed by atoms with E-state index in [0.29, 0.717) is 0 Å². The van der Waals surface area contributed by atoms with Gasteiger partial charge in [0, 0.05) is 0 Å². The topological polar surface area (TPSA) is 26.3 Å². The van der Waals surface area contributed by atoms with E-state index < -0.39 is 22.0 Å². The first-order valence-electron chi connectivity index (χ1n) is 4.41. The van der Waals surface area contributed by atoms with Crippen LogP contribution in [0.2, 0.25) is 0 Å². The largest absolute Gasteiger partial charge is 0.365 e. The average molecular weight is 223 g/mol. The van der Waals surface area contributed by atoms with Crippen molar-refractivity contribution in [3.63, 3.8) is 0 Å². The van der Waals surface area contributed by atoms with E-state index in [2.05, 4.69) is 0 Å². The second-order valence-corrected chi connectivity index (χ2v) is 5.23. The molecule has 0 aromatic heterocycles. The minimum Gasteiger partial charge on any atom is -0.365 e. The standard InChI is InChI=1S/C9H12Cl2O2/c1-8-3-4-9(2,13-8)7(11)5(12)6(8)10/h6-7H,3-4H2,1-2H3/t6-,7+,8-,9+. The van der Waals surface area contributed by atoms with Gasteiger partial charge in [0.1, 0.15) is 10.8 Å². The highest BCUT2D eigenvalue weighted by Gasteiger charge is 2.60. The maximum absolute atomic E-state index is 11.7. The van der Waals surface area contributed by atoms with E-state index in [-0.39, 0.29) is 5.78 Å². The molecule has 4 atom stereocenters. The van der Waals surface area contributed by atoms with Crippen molar-refractivity contribution in [2.45, 2.75) is 48.6 Å². The molecule has 2 aliphatic rings. The molecule has 0 unspecified atom stereocenters. The molecule has 0 aromatic carbocycles. The summed E-state index contributed by atoms with van der Waals surface area (Å²) in [5.74, 6) is -0.0860. The lowest BCUT2D eigenvalue weighted by Crippen LogP contribution is -2.56. The monoisotopic (exact) mass is 222 g/mol. The van der Waals surface area contributed by atoms with Gasteiger partial charge in [0.25, 0.3) is 0 Å². The first kappa shape index (κ1) is 9.75. The molecule has 0 saturated carbocycles. The lowest BCUT2D eigenvalue weighted by atomic mass is 9.93. The summed E-state index contributed by atoms with van der Waals surface area (Å²) in [5, 5.41) is -1.18. The van der Waals surface area contributed by atoms with Crippen LogP contribution in [0.3, 0.4) is 0 Å². The van der Waals surface area contributed by atoms with Crippen LogP contribution in [0.15, 0.2) is 0 Å². The van der Waals surface area contributed by atoms with Crippen LogP contribution in [-0.2, 0) is 9.53 Å². The van der Waals surface area contributed by atoms with Gasteiger partial charge in [0.05, 0.1) is 11.2 Å². The SMILES string of the molecule is C[C@]12CC[C@](C)(O1)[C@@H](Cl)C(=O)[C@H]2Cl. The van der Waals surface area contributed by atoms with Crippen molar-refractivity contribution in [2.75, 3.05) is 0 Å². The molecule has 0 spiro atoms. The summed E-state index contributed by atoms with van der Waals surface area (Å²) >= 11 is 12.0. The zero-order valence-corrected chi connectivity index (χ0v) is 9.15. The number of ether oxygens (including phenoxy) is 1. The lowest BCUT2D eigenvalue weighted by molar-refractivity contribution is -0.150. The van der Waals surface area contributed by atoms with Gasteiger partial charge in [-0.05, 0) is 26.7 Å². The number of halogens is 2. The summed E-state index contributed by atoms with van der Waals surface area (Å²) in [4.78, 5) is 11.7. The fraction of sp³-hybridized carbons (Fsp3) is 0.889. The summed E-state index contributed by atoms with van der Waals surface area (Å²) in [7, 11) is 0. The normalized spacial score (nSPS) is 55.5. The molecule has 2 heterocycles. The van der Waals surface area contributed by atoms with Crippen molar-refractivity contribution >= 4 is 29.0 Å². The molecular formula is C9H12Cl2O2. The molecule has 0 radical (unpaired) electrons. The highest BCUT2D eigenvalue weighted by Crippen LogP contribution is 2.49. The summed E-state index contributed by atoms with van der Waals surface area (Å²) in [6, 6.07) is 0. The molecule has 0 aromatic rings. The van der Waals surface area contributed by atoms with Crippen LogP contribution in [0.5, 0.6) is 0 Å². The van der Waals surface area contributed by atoms with Crippen molar-refractivity contribution in [3.8, 4) is 0 Å². The van der Waals surface area contributed by atoms with Crippen molar-refractivity contribution in [3.05, 3.63) is 0 Å². The highest BCUT2D eigenvalue weighted by molar-refractivity contribution is 6.41. The predicted molar refractivity (Wildman–Crippen MR) is 51.4 cm³/mol. The second-order valence-electron chi connectivity index (χ2n) is 4.35. The highest BCUT2D eigenvalue weighted by atomic mass is 35.5. The minimum atomic E-state index is -0.592. The number of alkyl halides is 2. The fourth-order valence-electron chi connectivity index (χ4n) is 2.22. The molecule has 2 aliphatic heterocycles. The Morgan fingerprint density at radius 3 is 2.00 bits per heavy atom. The summed E-state index contributed by atoms with van der Waals surface area (Å²) in [6.07, 6.45) is 1.62. The van der Waals surface area contributed by atoms with E-state index in [1.807, 2.05) is 13.8 Å². The molecule has 0 aliphatic carbocycles. The Bertz CT molecular complexity index is 244. The Balaban J connectivity index is 2.40. The van der Waals surface area contributed by atoms with Gasteiger partial charge < -0.3 is 4.74 Å². The van der Waals surface area contributed by atoms with Gasteiger partial charge in [0.15, 0.2) is 5.78 Å². The smallest absolute Gasteiger partial charge is 0.174 e. The molecule has 0 amide bonds. The molecule has 2 nitrogen and oxygen atoms in total. The zero-order chi connectivity index (χ0) is 9.85. The molecule has 74 valence electrons. The van der Waals surface area contributed by atoms with Crippen LogP contribution < -0.4 is 0 Å². The summed E-state index contributed by atoms with van der Waals surface area (Å²) in [5.41, 5.74) is -1.00. The van der Waals surface area contributed by atoms with E-state index in [4.69, 9.17) is 27.9 Å². The fourth-order valence-corrected chi connectivity index (χ4v) is 2.84. The van der Waals surface area contributed by atoms with Crippen LogP contribution in [0.25, 0.3) is 0 Å². The predicted octanol–water partition coefficient (Wildman–Crippen LogP) is 2.11. The van der Waals surface area contributed by atoms with Gasteiger partial charge >= 0.3 is 0 Å². The van der Waals surface area contributed by atoms with Crippen molar-refractivity contribution < 1.29 is 9.53 Å². The molecule has 2 fully saturated rings.